The number of hydrogen-bond donors (Lipinski definition) is 0. The van der Waals surface area contributed by atoms with Crippen molar-refractivity contribution in [2.45, 2.75) is 51.4 Å². The van der Waals surface area contributed by atoms with Crippen molar-refractivity contribution in [2.75, 3.05) is 19.7 Å². The molecular weight excluding hydrogens is 318 g/mol. The Morgan fingerprint density at radius 1 is 1.36 bits per heavy atom. The van der Waals surface area contributed by atoms with Crippen molar-refractivity contribution in [2.24, 2.45) is 0 Å². The van der Waals surface area contributed by atoms with Gasteiger partial charge in [0.25, 0.3) is 0 Å². The number of aryl methyl sites for hydroxylation is 2. The molecule has 6 heteroatoms. The van der Waals surface area contributed by atoms with Crippen LogP contribution in [0.4, 0.5) is 0 Å². The summed E-state index contributed by atoms with van der Waals surface area (Å²) < 4.78 is 17.5. The van der Waals surface area contributed by atoms with Gasteiger partial charge in [-0.3, -0.25) is 4.90 Å². The van der Waals surface area contributed by atoms with Gasteiger partial charge in [0.15, 0.2) is 0 Å². The third kappa shape index (κ3) is 3.55. The van der Waals surface area contributed by atoms with Gasteiger partial charge >= 0.3 is 0 Å². The average molecular weight is 343 g/mol. The number of ether oxygens (including phenoxy) is 2. The number of rotatable bonds is 4. The van der Waals surface area contributed by atoms with Crippen molar-refractivity contribution in [1.29, 1.82) is 0 Å². The molecule has 2 aromatic rings. The van der Waals surface area contributed by atoms with Crippen molar-refractivity contribution in [3.05, 3.63) is 41.4 Å². The Kier molecular flexibility index (Phi) is 4.48. The van der Waals surface area contributed by atoms with Crippen LogP contribution in [0.3, 0.4) is 0 Å². The maximum Gasteiger partial charge on any atom is 0.213 e. The standard InChI is InChI=1S/C19H25N3O3/c1-14-17(15(2)25-21-14)11-22-9-5-7-19(13-22)10-16(12-23-19)24-18-6-3-4-8-20-18/h3-4,6,8,16H,5,7,9-13H2,1-2H3/t16-,19+/m1/s1. The summed E-state index contributed by atoms with van der Waals surface area (Å²) in [5.74, 6) is 1.59. The predicted octanol–water partition coefficient (Wildman–Crippen LogP) is 2.89. The van der Waals surface area contributed by atoms with Gasteiger partial charge in [-0.15, -0.1) is 0 Å². The smallest absolute Gasteiger partial charge is 0.213 e. The summed E-state index contributed by atoms with van der Waals surface area (Å²) in [6.45, 7) is 7.51. The van der Waals surface area contributed by atoms with Gasteiger partial charge < -0.3 is 14.0 Å². The Balaban J connectivity index is 1.39. The normalized spacial score (nSPS) is 27.0. The van der Waals surface area contributed by atoms with Crippen LogP contribution in [-0.2, 0) is 11.3 Å². The highest BCUT2D eigenvalue weighted by Crippen LogP contribution is 2.36. The second-order valence-electron chi connectivity index (χ2n) is 7.22. The quantitative estimate of drug-likeness (QED) is 0.851. The molecule has 0 aromatic carbocycles. The summed E-state index contributed by atoms with van der Waals surface area (Å²) in [6.07, 6.45) is 4.98. The monoisotopic (exact) mass is 343 g/mol. The number of hydrogen-bond acceptors (Lipinski definition) is 6. The molecule has 1 spiro atoms. The summed E-state index contributed by atoms with van der Waals surface area (Å²) in [6, 6.07) is 5.74. The van der Waals surface area contributed by atoms with E-state index in [1.807, 2.05) is 32.0 Å². The molecule has 2 aromatic heterocycles. The predicted molar refractivity (Wildman–Crippen MR) is 92.4 cm³/mol. The second kappa shape index (κ2) is 6.77. The van der Waals surface area contributed by atoms with Crippen LogP contribution in [0.5, 0.6) is 5.88 Å². The van der Waals surface area contributed by atoms with Gasteiger partial charge in [-0.05, 0) is 39.3 Å². The molecule has 0 amide bonds. The number of likely N-dealkylation sites (tertiary alicyclic amines) is 1. The van der Waals surface area contributed by atoms with E-state index in [2.05, 4.69) is 15.0 Å². The Morgan fingerprint density at radius 2 is 2.28 bits per heavy atom. The topological polar surface area (TPSA) is 60.6 Å². The van der Waals surface area contributed by atoms with E-state index < -0.39 is 0 Å². The molecule has 25 heavy (non-hydrogen) atoms. The number of aromatic nitrogens is 2. The zero-order chi connectivity index (χ0) is 17.3. The third-order valence-electron chi connectivity index (χ3n) is 5.28. The molecule has 0 aliphatic carbocycles. The molecular formula is C19H25N3O3. The van der Waals surface area contributed by atoms with E-state index in [-0.39, 0.29) is 11.7 Å². The Morgan fingerprint density at radius 3 is 3.04 bits per heavy atom. The Hall–Kier alpha value is -1.92. The van der Waals surface area contributed by atoms with Crippen molar-refractivity contribution >= 4 is 0 Å². The van der Waals surface area contributed by atoms with Crippen LogP contribution in [0.15, 0.2) is 28.9 Å². The van der Waals surface area contributed by atoms with Crippen LogP contribution < -0.4 is 4.74 Å². The molecule has 0 saturated carbocycles. The van der Waals surface area contributed by atoms with Crippen molar-refractivity contribution in [1.82, 2.24) is 15.0 Å². The van der Waals surface area contributed by atoms with Crippen LogP contribution in [0.1, 0.15) is 36.3 Å². The molecule has 2 atom stereocenters. The van der Waals surface area contributed by atoms with Crippen LogP contribution in [0.25, 0.3) is 0 Å². The molecule has 2 saturated heterocycles. The number of piperidine rings is 1. The van der Waals surface area contributed by atoms with E-state index in [0.29, 0.717) is 12.5 Å². The van der Waals surface area contributed by atoms with Crippen LogP contribution >= 0.6 is 0 Å². The van der Waals surface area contributed by atoms with Crippen LogP contribution in [0, 0.1) is 13.8 Å². The first-order chi connectivity index (χ1) is 12.1. The maximum absolute atomic E-state index is 6.24. The highest BCUT2D eigenvalue weighted by molar-refractivity contribution is 5.21. The fourth-order valence-corrected chi connectivity index (χ4v) is 4.03. The van der Waals surface area contributed by atoms with E-state index >= 15 is 0 Å². The van der Waals surface area contributed by atoms with Gasteiger partial charge in [-0.25, -0.2) is 4.98 Å². The fraction of sp³-hybridized carbons (Fsp3) is 0.579. The third-order valence-corrected chi connectivity index (χ3v) is 5.28. The molecule has 2 aliphatic heterocycles. The highest BCUT2D eigenvalue weighted by Gasteiger charge is 2.44. The van der Waals surface area contributed by atoms with Gasteiger partial charge in [-0.2, -0.15) is 0 Å². The van der Waals surface area contributed by atoms with Gasteiger partial charge in [0, 0.05) is 37.3 Å². The number of nitrogens with zero attached hydrogens (tertiary/aromatic N) is 3. The highest BCUT2D eigenvalue weighted by atomic mass is 16.6. The molecule has 0 radical (unpaired) electrons. The minimum absolute atomic E-state index is 0.0777. The fourth-order valence-electron chi connectivity index (χ4n) is 4.03. The SMILES string of the molecule is Cc1noc(C)c1CN1CCC[C@]2(C[C@@H](Oc3ccccn3)CO2)C1. The van der Waals surface area contributed by atoms with E-state index in [1.54, 1.807) is 6.20 Å². The van der Waals surface area contributed by atoms with Crippen LogP contribution in [0.2, 0.25) is 0 Å². The number of pyridine rings is 1. The zero-order valence-electron chi connectivity index (χ0n) is 14.9. The lowest BCUT2D eigenvalue weighted by atomic mass is 9.89. The summed E-state index contributed by atoms with van der Waals surface area (Å²) >= 11 is 0. The summed E-state index contributed by atoms with van der Waals surface area (Å²) in [4.78, 5) is 6.71. The van der Waals surface area contributed by atoms with E-state index in [4.69, 9.17) is 14.0 Å². The summed E-state index contributed by atoms with van der Waals surface area (Å²) in [5.41, 5.74) is 2.09. The van der Waals surface area contributed by atoms with Crippen molar-refractivity contribution in [3.8, 4) is 5.88 Å². The minimum atomic E-state index is -0.101. The van der Waals surface area contributed by atoms with Gasteiger partial charge in [-0.1, -0.05) is 11.2 Å². The first-order valence-corrected chi connectivity index (χ1v) is 8.99. The molecule has 6 nitrogen and oxygen atoms in total. The molecule has 0 unspecified atom stereocenters. The van der Waals surface area contributed by atoms with E-state index in [9.17, 15) is 0 Å². The lowest BCUT2D eigenvalue weighted by Crippen LogP contribution is -2.47. The Bertz CT molecular complexity index is 698. The average Bonchev–Trinajstić information content (AvgIpc) is 3.14. The lowest BCUT2D eigenvalue weighted by Gasteiger charge is -2.39. The molecule has 2 aliphatic rings. The van der Waals surface area contributed by atoms with Gasteiger partial charge in [0.05, 0.1) is 17.9 Å². The van der Waals surface area contributed by atoms with Crippen LogP contribution in [-0.4, -0.2) is 46.4 Å². The molecule has 4 heterocycles. The summed E-state index contributed by atoms with van der Waals surface area (Å²) in [5, 5.41) is 4.07. The zero-order valence-corrected chi connectivity index (χ0v) is 14.9. The largest absolute Gasteiger partial charge is 0.472 e. The first kappa shape index (κ1) is 16.5. The maximum atomic E-state index is 6.24. The summed E-state index contributed by atoms with van der Waals surface area (Å²) in [7, 11) is 0. The molecule has 0 bridgehead atoms. The molecule has 0 N–H and O–H groups in total. The molecule has 2 fully saturated rings. The van der Waals surface area contributed by atoms with Crippen molar-refractivity contribution < 1.29 is 14.0 Å². The minimum Gasteiger partial charge on any atom is -0.472 e. The van der Waals surface area contributed by atoms with E-state index in [1.165, 1.54) is 5.56 Å². The molecule has 4 rings (SSSR count). The first-order valence-electron chi connectivity index (χ1n) is 8.99. The van der Waals surface area contributed by atoms with Crippen molar-refractivity contribution in [3.63, 3.8) is 0 Å². The second-order valence-corrected chi connectivity index (χ2v) is 7.22. The van der Waals surface area contributed by atoms with Gasteiger partial charge in [0.2, 0.25) is 5.88 Å². The van der Waals surface area contributed by atoms with Gasteiger partial charge in [0.1, 0.15) is 11.9 Å². The Labute approximate surface area is 148 Å². The lowest BCUT2D eigenvalue weighted by molar-refractivity contribution is -0.0539. The molecule has 134 valence electrons. The van der Waals surface area contributed by atoms with E-state index in [0.717, 1.165) is 50.4 Å².